The third-order valence-corrected chi connectivity index (χ3v) is 6.86. The number of ether oxygens (including phenoxy) is 1. The van der Waals surface area contributed by atoms with E-state index in [1.54, 1.807) is 12.1 Å². The van der Waals surface area contributed by atoms with Crippen molar-refractivity contribution in [3.63, 3.8) is 0 Å². The molecule has 4 rings (SSSR count). The van der Waals surface area contributed by atoms with Crippen molar-refractivity contribution < 1.29 is 14.6 Å². The van der Waals surface area contributed by atoms with E-state index in [2.05, 4.69) is 31.0 Å². The fourth-order valence-corrected chi connectivity index (χ4v) is 4.74. The molecular formula is C24H20BrClN4O3S. The fourth-order valence-electron chi connectivity index (χ4n) is 3.28. The van der Waals surface area contributed by atoms with Crippen molar-refractivity contribution in [3.05, 3.63) is 81.3 Å². The summed E-state index contributed by atoms with van der Waals surface area (Å²) in [5, 5.41) is 15.3. The Morgan fingerprint density at radius 1 is 1.26 bits per heavy atom. The van der Waals surface area contributed by atoms with Crippen molar-refractivity contribution in [1.29, 1.82) is 0 Å². The van der Waals surface area contributed by atoms with Gasteiger partial charge in [-0.05, 0) is 57.4 Å². The third-order valence-electron chi connectivity index (χ3n) is 4.91. The van der Waals surface area contributed by atoms with Crippen LogP contribution in [0.4, 0.5) is 0 Å². The lowest BCUT2D eigenvalue weighted by Crippen LogP contribution is -2.20. The van der Waals surface area contributed by atoms with Crippen LogP contribution in [0.3, 0.4) is 0 Å². The van der Waals surface area contributed by atoms with Crippen LogP contribution in [0.5, 0.6) is 11.5 Å². The Morgan fingerprint density at radius 3 is 2.82 bits per heavy atom. The number of thioether (sulfide) groups is 1. The Bertz CT molecular complexity index is 1380. The normalized spacial score (nSPS) is 11.3. The van der Waals surface area contributed by atoms with E-state index < -0.39 is 0 Å². The number of nitrogens with one attached hydrogen (secondary N) is 1. The molecule has 0 spiro atoms. The number of hydrogen-bond donors (Lipinski definition) is 2. The lowest BCUT2D eigenvalue weighted by molar-refractivity contribution is -0.118. The summed E-state index contributed by atoms with van der Waals surface area (Å²) in [5.41, 5.74) is 5.96. The topological polar surface area (TPSA) is 88.7 Å². The van der Waals surface area contributed by atoms with E-state index in [9.17, 15) is 9.90 Å². The van der Waals surface area contributed by atoms with Crippen molar-refractivity contribution >= 4 is 62.4 Å². The lowest BCUT2D eigenvalue weighted by atomic mass is 10.2. The number of carbonyl (C=O) groups excluding carboxylic acids is 1. The average molecular weight is 560 g/mol. The number of rotatable bonds is 8. The minimum Gasteiger partial charge on any atom is -0.503 e. The van der Waals surface area contributed by atoms with Crippen molar-refractivity contribution in [2.24, 2.45) is 5.10 Å². The second-order valence-electron chi connectivity index (χ2n) is 7.20. The highest BCUT2D eigenvalue weighted by atomic mass is 79.9. The lowest BCUT2D eigenvalue weighted by Gasteiger charge is -2.10. The van der Waals surface area contributed by atoms with Crippen LogP contribution < -0.4 is 10.2 Å². The number of phenols is 1. The number of hydrazone groups is 1. The van der Waals surface area contributed by atoms with Crippen molar-refractivity contribution in [2.45, 2.75) is 11.7 Å². The average Bonchev–Trinajstić information content (AvgIpc) is 3.18. The maximum Gasteiger partial charge on any atom is 0.250 e. The Hall–Kier alpha value is -3.01. The molecule has 7 nitrogen and oxygen atoms in total. The molecule has 0 aliphatic heterocycles. The van der Waals surface area contributed by atoms with Gasteiger partial charge < -0.3 is 14.4 Å². The third kappa shape index (κ3) is 5.55. The van der Waals surface area contributed by atoms with Gasteiger partial charge in [0.25, 0.3) is 5.91 Å². The number of amides is 1. The van der Waals surface area contributed by atoms with Gasteiger partial charge in [0.2, 0.25) is 0 Å². The van der Waals surface area contributed by atoms with E-state index in [1.807, 2.05) is 48.5 Å². The molecule has 0 unspecified atom stereocenters. The van der Waals surface area contributed by atoms with Gasteiger partial charge in [0.15, 0.2) is 16.7 Å². The van der Waals surface area contributed by atoms with E-state index >= 15 is 0 Å². The fraction of sp³-hybridized carbons (Fsp3) is 0.125. The predicted molar refractivity (Wildman–Crippen MR) is 139 cm³/mol. The van der Waals surface area contributed by atoms with Crippen LogP contribution in [0.2, 0.25) is 5.02 Å². The van der Waals surface area contributed by atoms with E-state index in [1.165, 1.54) is 25.1 Å². The van der Waals surface area contributed by atoms with E-state index in [0.717, 1.165) is 16.6 Å². The van der Waals surface area contributed by atoms with Crippen LogP contribution in [0.25, 0.3) is 11.0 Å². The zero-order chi connectivity index (χ0) is 24.1. The predicted octanol–water partition coefficient (Wildman–Crippen LogP) is 5.46. The first-order chi connectivity index (χ1) is 16.5. The van der Waals surface area contributed by atoms with Crippen molar-refractivity contribution in [2.75, 3.05) is 12.9 Å². The molecular weight excluding hydrogens is 540 g/mol. The van der Waals surface area contributed by atoms with Crippen LogP contribution >= 0.6 is 39.3 Å². The number of para-hydroxylation sites is 2. The zero-order valence-corrected chi connectivity index (χ0v) is 21.2. The van der Waals surface area contributed by atoms with Gasteiger partial charge in [0.1, 0.15) is 0 Å². The molecule has 3 aromatic carbocycles. The number of halogens is 2. The molecule has 2 N–H and O–H groups in total. The van der Waals surface area contributed by atoms with Crippen molar-refractivity contribution in [1.82, 2.24) is 15.0 Å². The molecule has 174 valence electrons. The Morgan fingerprint density at radius 2 is 2.03 bits per heavy atom. The summed E-state index contributed by atoms with van der Waals surface area (Å²) in [6.07, 6.45) is 1.47. The standard InChI is InChI=1S/C24H20BrClN4O3S/c1-33-21-11-15(10-17(25)23(21)32)12-27-29-22(31)14-34-24-28-19-8-4-5-9-20(19)30(24)13-16-6-2-3-7-18(16)26/h2-12,32H,13-14H2,1H3,(H,29,31)/b27-12+. The molecule has 1 amide bonds. The molecule has 0 bridgehead atoms. The van der Waals surface area contributed by atoms with Gasteiger partial charge in [-0.3, -0.25) is 4.79 Å². The molecule has 0 aliphatic rings. The minimum atomic E-state index is -0.276. The molecule has 1 heterocycles. The van der Waals surface area contributed by atoms with Gasteiger partial charge in [0.05, 0.1) is 41.1 Å². The summed E-state index contributed by atoms with van der Waals surface area (Å²) in [4.78, 5) is 17.1. The molecule has 0 radical (unpaired) electrons. The van der Waals surface area contributed by atoms with Crippen LogP contribution in [-0.4, -0.2) is 39.6 Å². The molecule has 1 aromatic heterocycles. The molecule has 0 saturated heterocycles. The molecule has 34 heavy (non-hydrogen) atoms. The number of nitrogens with zero attached hydrogens (tertiary/aromatic N) is 3. The number of imidazole rings is 1. The van der Waals surface area contributed by atoms with Crippen molar-refractivity contribution in [3.8, 4) is 11.5 Å². The first kappa shape index (κ1) is 24.1. The number of benzene rings is 3. The summed E-state index contributed by atoms with van der Waals surface area (Å²) in [6.45, 7) is 0.542. The summed E-state index contributed by atoms with van der Waals surface area (Å²) in [5.74, 6) is 0.156. The monoisotopic (exact) mass is 558 g/mol. The smallest absolute Gasteiger partial charge is 0.250 e. The van der Waals surface area contributed by atoms with Gasteiger partial charge in [-0.2, -0.15) is 5.10 Å². The first-order valence-electron chi connectivity index (χ1n) is 10.2. The highest BCUT2D eigenvalue weighted by Crippen LogP contribution is 2.34. The molecule has 0 atom stereocenters. The number of fused-ring (bicyclic) bond motifs is 1. The first-order valence-corrected chi connectivity index (χ1v) is 12.3. The van der Waals surface area contributed by atoms with Crippen LogP contribution in [0.1, 0.15) is 11.1 Å². The molecule has 0 saturated carbocycles. The molecule has 10 heteroatoms. The summed E-state index contributed by atoms with van der Waals surface area (Å²) in [6, 6.07) is 18.8. The largest absolute Gasteiger partial charge is 0.503 e. The van der Waals surface area contributed by atoms with Crippen LogP contribution in [-0.2, 0) is 11.3 Å². The molecule has 0 fully saturated rings. The van der Waals surface area contributed by atoms with E-state index in [4.69, 9.17) is 21.3 Å². The highest BCUT2D eigenvalue weighted by molar-refractivity contribution is 9.10. The number of carbonyl (C=O) groups is 1. The molecule has 0 aliphatic carbocycles. The van der Waals surface area contributed by atoms with E-state index in [0.29, 0.717) is 32.5 Å². The maximum atomic E-state index is 12.4. The Kier molecular flexibility index (Phi) is 7.77. The van der Waals surface area contributed by atoms with Gasteiger partial charge in [-0.1, -0.05) is 53.7 Å². The van der Waals surface area contributed by atoms with Gasteiger partial charge >= 0.3 is 0 Å². The highest BCUT2D eigenvalue weighted by Gasteiger charge is 2.14. The van der Waals surface area contributed by atoms with Gasteiger partial charge in [-0.15, -0.1) is 0 Å². The summed E-state index contributed by atoms with van der Waals surface area (Å²) >= 11 is 11.0. The maximum absolute atomic E-state index is 12.4. The Labute approximate surface area is 213 Å². The summed E-state index contributed by atoms with van der Waals surface area (Å²) < 4.78 is 7.64. The molecule has 4 aromatic rings. The van der Waals surface area contributed by atoms with E-state index in [-0.39, 0.29) is 17.4 Å². The summed E-state index contributed by atoms with van der Waals surface area (Å²) in [7, 11) is 1.46. The number of aromatic hydroxyl groups is 1. The minimum absolute atomic E-state index is 0.000218. The second kappa shape index (κ2) is 10.9. The zero-order valence-electron chi connectivity index (χ0n) is 18.0. The van der Waals surface area contributed by atoms with Gasteiger partial charge in [-0.25, -0.2) is 10.4 Å². The number of methoxy groups -OCH3 is 1. The number of hydrogen-bond acceptors (Lipinski definition) is 6. The Balaban J connectivity index is 1.45. The van der Waals surface area contributed by atoms with Gasteiger partial charge in [0, 0.05) is 5.02 Å². The second-order valence-corrected chi connectivity index (χ2v) is 9.40. The SMILES string of the molecule is COc1cc(/C=N/NC(=O)CSc2nc3ccccc3n2Cc2ccccc2Cl)cc(Br)c1O. The quantitative estimate of drug-likeness (QED) is 0.170. The number of phenolic OH excluding ortho intramolecular Hbond substituents is 1. The van der Waals surface area contributed by atoms with Crippen LogP contribution in [0.15, 0.2) is 75.4 Å². The van der Waals surface area contributed by atoms with Crippen LogP contribution in [0, 0.1) is 0 Å². The number of aromatic nitrogens is 2.